The Kier molecular flexibility index (Phi) is 3.98. The summed E-state index contributed by atoms with van der Waals surface area (Å²) < 4.78 is 4.91. The van der Waals surface area contributed by atoms with Crippen LogP contribution in [0.3, 0.4) is 0 Å². The van der Waals surface area contributed by atoms with Crippen molar-refractivity contribution < 1.29 is 14.6 Å². The normalized spacial score (nSPS) is 9.79. The zero-order valence-corrected chi connectivity index (χ0v) is 8.19. The van der Waals surface area contributed by atoms with Crippen molar-refractivity contribution in [3.05, 3.63) is 29.8 Å². The van der Waals surface area contributed by atoms with Gasteiger partial charge in [-0.2, -0.15) is 0 Å². The predicted molar refractivity (Wildman–Crippen MR) is 53.1 cm³/mol. The number of hydrogen-bond acceptors (Lipinski definition) is 3. The topological polar surface area (TPSA) is 46.5 Å². The molecule has 1 aromatic carbocycles. The number of hydrogen-bond donors (Lipinski definition) is 1. The lowest BCUT2D eigenvalue weighted by molar-refractivity contribution is -0.142. The monoisotopic (exact) mass is 194 g/mol. The van der Waals surface area contributed by atoms with Gasteiger partial charge >= 0.3 is 5.97 Å². The Morgan fingerprint density at radius 2 is 2.29 bits per heavy atom. The fraction of sp³-hybridized carbons (Fsp3) is 0.364. The van der Waals surface area contributed by atoms with Crippen LogP contribution in [0.4, 0.5) is 0 Å². The van der Waals surface area contributed by atoms with E-state index >= 15 is 0 Å². The van der Waals surface area contributed by atoms with Crippen molar-refractivity contribution in [1.29, 1.82) is 0 Å². The SMILES string of the molecule is CCCOC(=O)Cc1cccc(O)c1. The van der Waals surface area contributed by atoms with E-state index in [-0.39, 0.29) is 18.1 Å². The van der Waals surface area contributed by atoms with Gasteiger partial charge in [0.2, 0.25) is 0 Å². The van der Waals surface area contributed by atoms with Crippen molar-refractivity contribution in [1.82, 2.24) is 0 Å². The van der Waals surface area contributed by atoms with Gasteiger partial charge in [-0.25, -0.2) is 0 Å². The van der Waals surface area contributed by atoms with Gasteiger partial charge in [0.25, 0.3) is 0 Å². The third kappa shape index (κ3) is 3.47. The second-order valence-electron chi connectivity index (χ2n) is 3.07. The smallest absolute Gasteiger partial charge is 0.310 e. The van der Waals surface area contributed by atoms with Gasteiger partial charge in [0.1, 0.15) is 5.75 Å². The van der Waals surface area contributed by atoms with E-state index in [0.29, 0.717) is 6.61 Å². The molecular formula is C11H14O3. The van der Waals surface area contributed by atoms with Crippen molar-refractivity contribution in [3.8, 4) is 5.75 Å². The Morgan fingerprint density at radius 1 is 1.50 bits per heavy atom. The Balaban J connectivity index is 2.47. The largest absolute Gasteiger partial charge is 0.508 e. The maximum atomic E-state index is 11.2. The molecule has 0 heterocycles. The molecule has 14 heavy (non-hydrogen) atoms. The highest BCUT2D eigenvalue weighted by Gasteiger charge is 2.04. The van der Waals surface area contributed by atoms with Crippen LogP contribution in [0.1, 0.15) is 18.9 Å². The maximum Gasteiger partial charge on any atom is 0.310 e. The Labute approximate surface area is 83.3 Å². The van der Waals surface area contributed by atoms with Crippen LogP contribution in [0, 0.1) is 0 Å². The van der Waals surface area contributed by atoms with E-state index in [9.17, 15) is 4.79 Å². The number of rotatable bonds is 4. The number of aromatic hydroxyl groups is 1. The van der Waals surface area contributed by atoms with Gasteiger partial charge in [0, 0.05) is 0 Å². The molecule has 0 spiro atoms. The van der Waals surface area contributed by atoms with E-state index in [1.807, 2.05) is 6.92 Å². The number of esters is 1. The minimum Gasteiger partial charge on any atom is -0.508 e. The quantitative estimate of drug-likeness (QED) is 0.744. The van der Waals surface area contributed by atoms with E-state index in [4.69, 9.17) is 9.84 Å². The summed E-state index contributed by atoms with van der Waals surface area (Å²) >= 11 is 0. The summed E-state index contributed by atoms with van der Waals surface area (Å²) in [7, 11) is 0. The zero-order chi connectivity index (χ0) is 10.4. The molecule has 76 valence electrons. The van der Waals surface area contributed by atoms with E-state index in [2.05, 4.69) is 0 Å². The molecule has 0 atom stereocenters. The minimum absolute atomic E-state index is 0.172. The summed E-state index contributed by atoms with van der Waals surface area (Å²) in [5, 5.41) is 9.15. The maximum absolute atomic E-state index is 11.2. The van der Waals surface area contributed by atoms with Crippen LogP contribution >= 0.6 is 0 Å². The fourth-order valence-electron chi connectivity index (χ4n) is 1.10. The lowest BCUT2D eigenvalue weighted by Gasteiger charge is -2.03. The molecule has 3 nitrogen and oxygen atoms in total. The van der Waals surface area contributed by atoms with E-state index in [1.165, 1.54) is 0 Å². The lowest BCUT2D eigenvalue weighted by atomic mass is 10.1. The molecule has 1 aromatic rings. The van der Waals surface area contributed by atoms with Gasteiger partial charge < -0.3 is 9.84 Å². The van der Waals surface area contributed by atoms with Crippen molar-refractivity contribution >= 4 is 5.97 Å². The van der Waals surface area contributed by atoms with Crippen LogP contribution in [0.2, 0.25) is 0 Å². The van der Waals surface area contributed by atoms with Gasteiger partial charge in [-0.05, 0) is 24.1 Å². The van der Waals surface area contributed by atoms with Crippen LogP contribution in [0.25, 0.3) is 0 Å². The third-order valence-electron chi connectivity index (χ3n) is 1.73. The second-order valence-corrected chi connectivity index (χ2v) is 3.07. The summed E-state index contributed by atoms with van der Waals surface area (Å²) in [6.07, 6.45) is 1.04. The average Bonchev–Trinajstić information content (AvgIpc) is 2.15. The van der Waals surface area contributed by atoms with Crippen molar-refractivity contribution in [2.45, 2.75) is 19.8 Å². The van der Waals surface area contributed by atoms with E-state index in [1.54, 1.807) is 24.3 Å². The number of phenolic OH excluding ortho intramolecular Hbond substituents is 1. The summed E-state index contributed by atoms with van der Waals surface area (Å²) in [4.78, 5) is 11.2. The fourth-order valence-corrected chi connectivity index (χ4v) is 1.10. The molecule has 0 saturated carbocycles. The first kappa shape index (κ1) is 10.6. The average molecular weight is 194 g/mol. The van der Waals surface area contributed by atoms with Gasteiger partial charge in [-0.15, -0.1) is 0 Å². The highest BCUT2D eigenvalue weighted by Crippen LogP contribution is 2.11. The van der Waals surface area contributed by atoms with Crippen molar-refractivity contribution in [2.75, 3.05) is 6.61 Å². The standard InChI is InChI=1S/C11H14O3/c1-2-6-14-11(13)8-9-4-3-5-10(12)7-9/h3-5,7,12H,2,6,8H2,1H3. The number of carbonyl (C=O) groups is 1. The van der Waals surface area contributed by atoms with Crippen molar-refractivity contribution in [2.24, 2.45) is 0 Å². The molecule has 1 N–H and O–H groups in total. The first-order valence-electron chi connectivity index (χ1n) is 4.66. The molecule has 0 unspecified atom stereocenters. The molecule has 0 aromatic heterocycles. The highest BCUT2D eigenvalue weighted by atomic mass is 16.5. The van der Waals surface area contributed by atoms with Crippen LogP contribution in [-0.2, 0) is 16.0 Å². The second kappa shape index (κ2) is 5.27. The molecule has 0 aliphatic carbocycles. The van der Waals surface area contributed by atoms with Gasteiger partial charge in [0.15, 0.2) is 0 Å². The predicted octanol–water partition coefficient (Wildman–Crippen LogP) is 1.89. The summed E-state index contributed by atoms with van der Waals surface area (Å²) in [5.74, 6) is -0.0803. The molecule has 0 radical (unpaired) electrons. The van der Waals surface area contributed by atoms with Gasteiger partial charge in [-0.1, -0.05) is 19.1 Å². The first-order valence-corrected chi connectivity index (χ1v) is 4.66. The number of benzene rings is 1. The van der Waals surface area contributed by atoms with Crippen LogP contribution in [-0.4, -0.2) is 17.7 Å². The molecule has 0 fully saturated rings. The lowest BCUT2D eigenvalue weighted by Crippen LogP contribution is -2.08. The highest BCUT2D eigenvalue weighted by molar-refractivity contribution is 5.72. The first-order chi connectivity index (χ1) is 6.72. The Bertz CT molecular complexity index is 307. The summed E-state index contributed by atoms with van der Waals surface area (Å²) in [5.41, 5.74) is 0.770. The van der Waals surface area contributed by atoms with Crippen molar-refractivity contribution in [3.63, 3.8) is 0 Å². The Morgan fingerprint density at radius 3 is 2.93 bits per heavy atom. The number of phenols is 1. The molecule has 3 heteroatoms. The minimum atomic E-state index is -0.252. The number of ether oxygens (including phenoxy) is 1. The van der Waals surface area contributed by atoms with E-state index < -0.39 is 0 Å². The van der Waals surface area contributed by atoms with Gasteiger partial charge in [-0.3, -0.25) is 4.79 Å². The van der Waals surface area contributed by atoms with E-state index in [0.717, 1.165) is 12.0 Å². The molecule has 0 aliphatic rings. The zero-order valence-electron chi connectivity index (χ0n) is 8.19. The van der Waals surface area contributed by atoms with Gasteiger partial charge in [0.05, 0.1) is 13.0 Å². The molecule has 1 rings (SSSR count). The molecule has 0 amide bonds. The van der Waals surface area contributed by atoms with Crippen LogP contribution in [0.5, 0.6) is 5.75 Å². The summed E-state index contributed by atoms with van der Waals surface area (Å²) in [6, 6.07) is 6.62. The molecule has 0 aliphatic heterocycles. The number of carbonyl (C=O) groups excluding carboxylic acids is 1. The Hall–Kier alpha value is -1.51. The third-order valence-corrected chi connectivity index (χ3v) is 1.73. The molecular weight excluding hydrogens is 180 g/mol. The summed E-state index contributed by atoms with van der Waals surface area (Å²) in [6.45, 7) is 2.40. The van der Waals surface area contributed by atoms with Crippen LogP contribution in [0.15, 0.2) is 24.3 Å². The molecule has 0 saturated heterocycles. The van der Waals surface area contributed by atoms with Crippen LogP contribution < -0.4 is 0 Å². The molecule has 0 bridgehead atoms.